The van der Waals surface area contributed by atoms with Gasteiger partial charge in [-0.3, -0.25) is 0 Å². The van der Waals surface area contributed by atoms with Gasteiger partial charge in [0.1, 0.15) is 19.3 Å². The summed E-state index contributed by atoms with van der Waals surface area (Å²) >= 11 is 0. The molecule has 68 valence electrons. The highest BCUT2D eigenvalue weighted by molar-refractivity contribution is 5.71. The van der Waals surface area contributed by atoms with E-state index >= 15 is 0 Å². The Morgan fingerprint density at radius 2 is 2.00 bits per heavy atom. The van der Waals surface area contributed by atoms with Crippen LogP contribution in [0, 0.1) is 0 Å². The van der Waals surface area contributed by atoms with E-state index in [-0.39, 0.29) is 18.7 Å². The molecule has 1 aromatic carbocycles. The Balaban J connectivity index is 2.07. The molecule has 1 fully saturated rings. The van der Waals surface area contributed by atoms with Crippen molar-refractivity contribution >= 4 is 5.97 Å². The molecule has 1 aliphatic heterocycles. The Labute approximate surface area is 76.3 Å². The van der Waals surface area contributed by atoms with Gasteiger partial charge in [0.15, 0.2) is 0 Å². The average Bonchev–Trinajstić information content (AvgIpc) is 2.20. The minimum Gasteiger partial charge on any atom is -0.461 e. The van der Waals surface area contributed by atoms with Gasteiger partial charge in [-0.1, -0.05) is 30.3 Å². The zero-order chi connectivity index (χ0) is 9.10. The van der Waals surface area contributed by atoms with Crippen LogP contribution >= 0.6 is 0 Å². The lowest BCUT2D eigenvalue weighted by molar-refractivity contribution is -0.168. The lowest BCUT2D eigenvalue weighted by Crippen LogP contribution is -2.26. The van der Waals surface area contributed by atoms with Crippen LogP contribution in [0.2, 0.25) is 0 Å². The molecule has 0 spiro atoms. The molecule has 1 aromatic rings. The maximum atomic E-state index is 10.7. The van der Waals surface area contributed by atoms with Crippen LogP contribution in [0.3, 0.4) is 0 Å². The first-order valence-corrected chi connectivity index (χ1v) is 4.18. The maximum Gasteiger partial charge on any atom is 0.332 e. The van der Waals surface area contributed by atoms with Crippen LogP contribution in [0.15, 0.2) is 30.3 Å². The molecule has 0 aliphatic carbocycles. The van der Waals surface area contributed by atoms with Crippen LogP contribution in [0.5, 0.6) is 0 Å². The molecule has 0 radical (unpaired) electrons. The molecule has 2 rings (SSSR count). The molecule has 3 nitrogen and oxygen atoms in total. The lowest BCUT2D eigenvalue weighted by atomic mass is 10.1. The summed E-state index contributed by atoms with van der Waals surface area (Å²) in [6.07, 6.45) is -0.0982. The zero-order valence-corrected chi connectivity index (χ0v) is 7.10. The summed E-state index contributed by atoms with van der Waals surface area (Å²) in [6.45, 7) is 0.377. The van der Waals surface area contributed by atoms with Crippen molar-refractivity contribution in [3.8, 4) is 0 Å². The summed E-state index contributed by atoms with van der Waals surface area (Å²) < 4.78 is 10.2. The number of esters is 1. The molecule has 0 bridgehead atoms. The number of carbonyl (C=O) groups excluding carboxylic acids is 1. The van der Waals surface area contributed by atoms with Crippen molar-refractivity contribution in [1.82, 2.24) is 0 Å². The van der Waals surface area contributed by atoms with Crippen molar-refractivity contribution in [1.29, 1.82) is 0 Å². The Morgan fingerprint density at radius 3 is 2.62 bits per heavy atom. The van der Waals surface area contributed by atoms with Crippen LogP contribution in [0.4, 0.5) is 0 Å². The van der Waals surface area contributed by atoms with Crippen molar-refractivity contribution in [2.24, 2.45) is 0 Å². The second-order valence-corrected chi connectivity index (χ2v) is 2.89. The second kappa shape index (κ2) is 3.58. The molecule has 1 saturated heterocycles. The predicted octanol–water partition coefficient (Wildman–Crippen LogP) is 1.30. The minimum absolute atomic E-state index is 0.0551. The molecule has 1 unspecified atom stereocenters. The van der Waals surface area contributed by atoms with E-state index in [1.165, 1.54) is 0 Å². The van der Waals surface area contributed by atoms with Gasteiger partial charge in [0.05, 0.1) is 0 Å². The topological polar surface area (TPSA) is 35.5 Å². The second-order valence-electron chi connectivity index (χ2n) is 2.89. The van der Waals surface area contributed by atoms with Crippen LogP contribution in [-0.2, 0) is 14.3 Å². The SMILES string of the molecule is O=C1COC(c2ccccc2)CO1. The summed E-state index contributed by atoms with van der Waals surface area (Å²) in [5.74, 6) is -0.285. The molecule has 0 aromatic heterocycles. The number of carbonyl (C=O) groups is 1. The molecule has 1 atom stereocenters. The van der Waals surface area contributed by atoms with Gasteiger partial charge in [0.25, 0.3) is 0 Å². The van der Waals surface area contributed by atoms with E-state index in [1.54, 1.807) is 0 Å². The van der Waals surface area contributed by atoms with Crippen LogP contribution in [0.1, 0.15) is 11.7 Å². The third kappa shape index (κ3) is 1.87. The van der Waals surface area contributed by atoms with Gasteiger partial charge in [-0.25, -0.2) is 4.79 Å². The van der Waals surface area contributed by atoms with Crippen molar-refractivity contribution in [3.05, 3.63) is 35.9 Å². The van der Waals surface area contributed by atoms with Crippen molar-refractivity contribution in [2.45, 2.75) is 6.10 Å². The first kappa shape index (κ1) is 8.26. The standard InChI is InChI=1S/C10H10O3/c11-10-7-12-9(6-13-10)8-4-2-1-3-5-8/h1-5,9H,6-7H2. The van der Waals surface area contributed by atoms with Gasteiger partial charge in [-0.15, -0.1) is 0 Å². The number of rotatable bonds is 1. The molecule has 1 aliphatic rings. The monoisotopic (exact) mass is 178 g/mol. The van der Waals surface area contributed by atoms with E-state index in [1.807, 2.05) is 30.3 Å². The molecule has 0 saturated carbocycles. The third-order valence-electron chi connectivity index (χ3n) is 1.97. The highest BCUT2D eigenvalue weighted by atomic mass is 16.6. The van der Waals surface area contributed by atoms with Gasteiger partial charge in [0.2, 0.25) is 0 Å². The Morgan fingerprint density at radius 1 is 1.23 bits per heavy atom. The quantitative estimate of drug-likeness (QED) is 0.608. The first-order chi connectivity index (χ1) is 6.36. The maximum absolute atomic E-state index is 10.7. The summed E-state index contributed by atoms with van der Waals surface area (Å²) in [5, 5.41) is 0. The summed E-state index contributed by atoms with van der Waals surface area (Å²) in [7, 11) is 0. The molecule has 1 heterocycles. The van der Waals surface area contributed by atoms with Gasteiger partial charge < -0.3 is 9.47 Å². The molecule has 0 N–H and O–H groups in total. The molecular formula is C10H10O3. The van der Waals surface area contributed by atoms with Crippen molar-refractivity contribution in [3.63, 3.8) is 0 Å². The van der Waals surface area contributed by atoms with Crippen LogP contribution in [0.25, 0.3) is 0 Å². The van der Waals surface area contributed by atoms with Gasteiger partial charge in [-0.2, -0.15) is 0 Å². The summed E-state index contributed by atoms with van der Waals surface area (Å²) in [5.41, 5.74) is 1.05. The highest BCUT2D eigenvalue weighted by Gasteiger charge is 2.21. The van der Waals surface area contributed by atoms with Crippen LogP contribution in [-0.4, -0.2) is 19.2 Å². The first-order valence-electron chi connectivity index (χ1n) is 4.18. The number of hydrogen-bond donors (Lipinski definition) is 0. The van der Waals surface area contributed by atoms with Gasteiger partial charge in [0, 0.05) is 0 Å². The van der Waals surface area contributed by atoms with E-state index in [2.05, 4.69) is 0 Å². The van der Waals surface area contributed by atoms with Crippen molar-refractivity contribution in [2.75, 3.05) is 13.2 Å². The van der Waals surface area contributed by atoms with E-state index in [4.69, 9.17) is 9.47 Å². The molecule has 13 heavy (non-hydrogen) atoms. The molecule has 0 amide bonds. The Hall–Kier alpha value is -1.35. The Bertz CT molecular complexity index is 284. The summed E-state index contributed by atoms with van der Waals surface area (Å²) in [6, 6.07) is 9.75. The average molecular weight is 178 g/mol. The number of benzene rings is 1. The fraction of sp³-hybridized carbons (Fsp3) is 0.300. The normalized spacial score (nSPS) is 22.5. The fourth-order valence-corrected chi connectivity index (χ4v) is 1.29. The van der Waals surface area contributed by atoms with Crippen LogP contribution < -0.4 is 0 Å². The number of ether oxygens (including phenoxy) is 2. The van der Waals surface area contributed by atoms with E-state index < -0.39 is 0 Å². The highest BCUT2D eigenvalue weighted by Crippen LogP contribution is 2.20. The fourth-order valence-electron chi connectivity index (χ4n) is 1.29. The van der Waals surface area contributed by atoms with E-state index in [0.717, 1.165) is 5.56 Å². The number of cyclic esters (lactones) is 1. The zero-order valence-electron chi connectivity index (χ0n) is 7.10. The lowest BCUT2D eigenvalue weighted by Gasteiger charge is -2.22. The smallest absolute Gasteiger partial charge is 0.332 e. The minimum atomic E-state index is -0.285. The third-order valence-corrected chi connectivity index (χ3v) is 1.97. The molecule has 3 heteroatoms. The van der Waals surface area contributed by atoms with E-state index in [0.29, 0.717) is 6.61 Å². The number of hydrogen-bond acceptors (Lipinski definition) is 3. The Kier molecular flexibility index (Phi) is 2.27. The van der Waals surface area contributed by atoms with Gasteiger partial charge in [-0.05, 0) is 5.56 Å². The summed E-state index contributed by atoms with van der Waals surface area (Å²) in [4.78, 5) is 10.7. The largest absolute Gasteiger partial charge is 0.461 e. The van der Waals surface area contributed by atoms with Gasteiger partial charge >= 0.3 is 5.97 Å². The predicted molar refractivity (Wildman–Crippen MR) is 46.1 cm³/mol. The molecular weight excluding hydrogens is 168 g/mol. The van der Waals surface area contributed by atoms with Crippen molar-refractivity contribution < 1.29 is 14.3 Å². The van der Waals surface area contributed by atoms with E-state index in [9.17, 15) is 4.79 Å².